The van der Waals surface area contributed by atoms with Gasteiger partial charge in [0, 0.05) is 54.0 Å². The molecule has 2 aliphatic rings. The zero-order valence-corrected chi connectivity index (χ0v) is 19.9. The first-order valence-corrected chi connectivity index (χ1v) is 11.9. The molecular weight excluding hydrogens is 487 g/mol. The molecule has 0 saturated carbocycles. The summed E-state index contributed by atoms with van der Waals surface area (Å²) in [5, 5.41) is 11.0. The predicted molar refractivity (Wildman–Crippen MR) is 129 cm³/mol. The fourth-order valence-electron chi connectivity index (χ4n) is 4.89. The number of nitrogens with one attached hydrogen (secondary N) is 2. The van der Waals surface area contributed by atoms with Crippen LogP contribution in [0.15, 0.2) is 49.1 Å². The molecule has 2 aliphatic heterocycles. The van der Waals surface area contributed by atoms with E-state index in [-0.39, 0.29) is 24.0 Å². The van der Waals surface area contributed by atoms with Gasteiger partial charge in [-0.2, -0.15) is 18.3 Å². The first-order chi connectivity index (χ1) is 17.8. The van der Waals surface area contributed by atoms with E-state index in [4.69, 9.17) is 9.47 Å². The Kier molecular flexibility index (Phi) is 5.92. The van der Waals surface area contributed by atoms with Crippen LogP contribution in [0.1, 0.15) is 24.2 Å². The predicted octanol–water partition coefficient (Wildman–Crippen LogP) is 4.16. The van der Waals surface area contributed by atoms with Crippen molar-refractivity contribution in [2.75, 3.05) is 18.5 Å². The highest BCUT2D eigenvalue weighted by molar-refractivity contribution is 5.85. The fourth-order valence-corrected chi connectivity index (χ4v) is 4.89. The van der Waals surface area contributed by atoms with Gasteiger partial charge < -0.3 is 20.1 Å². The number of anilines is 2. The van der Waals surface area contributed by atoms with Gasteiger partial charge in [0.25, 0.3) is 0 Å². The van der Waals surface area contributed by atoms with Crippen LogP contribution < -0.4 is 15.4 Å². The van der Waals surface area contributed by atoms with Crippen molar-refractivity contribution in [2.24, 2.45) is 0 Å². The lowest BCUT2D eigenvalue weighted by Crippen LogP contribution is -2.56. The Labute approximate surface area is 210 Å². The maximum atomic E-state index is 12.8. The first kappa shape index (κ1) is 23.6. The molecule has 192 valence electrons. The molecule has 12 heteroatoms. The maximum absolute atomic E-state index is 12.8. The number of ether oxygens (including phenoxy) is 2. The molecule has 0 aromatic carbocycles. The average Bonchev–Trinajstić information content (AvgIpc) is 3.27. The number of piperidine rings is 1. The monoisotopic (exact) mass is 511 g/mol. The SMILES string of the molecule is Cc1cc(-c2cccn3nc(Nc4cnc(C(F)(F)F)cn4)cc23)c(OC2CC3COCC(C2)N3)cn1. The lowest BCUT2D eigenvalue weighted by atomic mass is 9.94. The summed E-state index contributed by atoms with van der Waals surface area (Å²) < 4.78 is 52.3. The van der Waals surface area contributed by atoms with Gasteiger partial charge in [0.05, 0.1) is 37.3 Å². The van der Waals surface area contributed by atoms with Crippen LogP contribution in [0.4, 0.5) is 24.8 Å². The second-order valence-corrected chi connectivity index (χ2v) is 9.32. The number of pyridine rings is 2. The molecule has 2 fully saturated rings. The zero-order chi connectivity index (χ0) is 25.6. The van der Waals surface area contributed by atoms with Gasteiger partial charge in [0.1, 0.15) is 17.7 Å². The molecule has 9 nitrogen and oxygen atoms in total. The number of hydrogen-bond acceptors (Lipinski definition) is 8. The maximum Gasteiger partial charge on any atom is 0.434 e. The van der Waals surface area contributed by atoms with Gasteiger partial charge in [-0.1, -0.05) is 6.07 Å². The van der Waals surface area contributed by atoms with E-state index in [2.05, 4.69) is 30.7 Å². The lowest BCUT2D eigenvalue weighted by Gasteiger charge is -2.40. The van der Waals surface area contributed by atoms with Crippen molar-refractivity contribution in [3.8, 4) is 16.9 Å². The summed E-state index contributed by atoms with van der Waals surface area (Å²) in [7, 11) is 0. The molecule has 0 radical (unpaired) electrons. The number of hydrogen-bond donors (Lipinski definition) is 2. The quantitative estimate of drug-likeness (QED) is 0.412. The molecule has 6 heterocycles. The van der Waals surface area contributed by atoms with Crippen molar-refractivity contribution in [3.05, 3.63) is 60.4 Å². The van der Waals surface area contributed by atoms with Crippen LogP contribution >= 0.6 is 0 Å². The van der Waals surface area contributed by atoms with E-state index in [1.54, 1.807) is 23.0 Å². The minimum Gasteiger partial charge on any atom is -0.488 e. The van der Waals surface area contributed by atoms with Crippen molar-refractivity contribution in [1.82, 2.24) is 29.9 Å². The molecule has 0 aliphatic carbocycles. The third-order valence-electron chi connectivity index (χ3n) is 6.49. The van der Waals surface area contributed by atoms with E-state index >= 15 is 0 Å². The molecular formula is C25H24F3N7O2. The van der Waals surface area contributed by atoms with Gasteiger partial charge in [-0.15, -0.1) is 0 Å². The lowest BCUT2D eigenvalue weighted by molar-refractivity contribution is -0.141. The van der Waals surface area contributed by atoms with Gasteiger partial charge in [0.15, 0.2) is 11.5 Å². The molecule has 2 atom stereocenters. The summed E-state index contributed by atoms with van der Waals surface area (Å²) in [5.74, 6) is 1.26. The number of morpholine rings is 1. The summed E-state index contributed by atoms with van der Waals surface area (Å²) >= 11 is 0. The van der Waals surface area contributed by atoms with E-state index in [0.717, 1.165) is 41.4 Å². The fraction of sp³-hybridized carbons (Fsp3) is 0.360. The summed E-state index contributed by atoms with van der Waals surface area (Å²) in [6.07, 6.45) is 2.47. The van der Waals surface area contributed by atoms with Crippen molar-refractivity contribution in [2.45, 2.75) is 44.1 Å². The number of aromatic nitrogens is 5. The Morgan fingerprint density at radius 2 is 1.84 bits per heavy atom. The van der Waals surface area contributed by atoms with Crippen molar-refractivity contribution in [1.29, 1.82) is 0 Å². The summed E-state index contributed by atoms with van der Waals surface area (Å²) in [4.78, 5) is 11.7. The molecule has 37 heavy (non-hydrogen) atoms. The standard InChI is InChI=1S/C25H24F3N7O2/c1-14-5-19(21(9-29-14)37-17-6-15-12-36-13-16(7-17)32-15)18-3-2-4-35-20(18)8-23(34-35)33-24-11-30-22(10-31-24)25(26,27)28/h2-5,8-11,15-17,32H,6-7,12-13H2,1H3,(H,31,33,34). The van der Waals surface area contributed by atoms with Crippen LogP contribution in [0.2, 0.25) is 0 Å². The smallest absolute Gasteiger partial charge is 0.434 e. The van der Waals surface area contributed by atoms with Crippen LogP contribution in [0.25, 0.3) is 16.6 Å². The molecule has 4 aromatic heterocycles. The molecule has 2 N–H and O–H groups in total. The van der Waals surface area contributed by atoms with Gasteiger partial charge in [-0.25, -0.2) is 14.5 Å². The zero-order valence-electron chi connectivity index (χ0n) is 19.9. The number of rotatable bonds is 5. The average molecular weight is 512 g/mol. The first-order valence-electron chi connectivity index (χ1n) is 11.9. The molecule has 6 rings (SSSR count). The number of halogens is 3. The summed E-state index contributed by atoms with van der Waals surface area (Å²) in [5.41, 5.74) is 2.35. The number of aryl methyl sites for hydroxylation is 1. The van der Waals surface area contributed by atoms with Crippen LogP contribution in [0.3, 0.4) is 0 Å². The highest BCUT2D eigenvalue weighted by Crippen LogP contribution is 2.36. The number of alkyl halides is 3. The Morgan fingerprint density at radius 1 is 1.03 bits per heavy atom. The van der Waals surface area contributed by atoms with Gasteiger partial charge in [-0.05, 0) is 19.1 Å². The van der Waals surface area contributed by atoms with Gasteiger partial charge in [-0.3, -0.25) is 4.98 Å². The second kappa shape index (κ2) is 9.27. The van der Waals surface area contributed by atoms with Crippen LogP contribution in [0.5, 0.6) is 5.75 Å². The topological polar surface area (TPSA) is 98.5 Å². The van der Waals surface area contributed by atoms with Crippen molar-refractivity contribution < 1.29 is 22.6 Å². The van der Waals surface area contributed by atoms with Crippen molar-refractivity contribution >= 4 is 17.2 Å². The third kappa shape index (κ3) is 4.94. The van der Waals surface area contributed by atoms with E-state index in [0.29, 0.717) is 31.0 Å². The van der Waals surface area contributed by atoms with E-state index in [1.165, 1.54) is 0 Å². The third-order valence-corrected chi connectivity index (χ3v) is 6.49. The molecule has 0 amide bonds. The molecule has 2 saturated heterocycles. The second-order valence-electron chi connectivity index (χ2n) is 9.32. The molecule has 4 aromatic rings. The summed E-state index contributed by atoms with van der Waals surface area (Å²) in [6, 6.07) is 8.20. The Hall–Kier alpha value is -3.77. The molecule has 0 spiro atoms. The van der Waals surface area contributed by atoms with E-state index in [1.807, 2.05) is 25.1 Å². The molecule has 2 bridgehead atoms. The van der Waals surface area contributed by atoms with E-state index < -0.39 is 11.9 Å². The van der Waals surface area contributed by atoms with Gasteiger partial charge in [0.2, 0.25) is 0 Å². The van der Waals surface area contributed by atoms with Gasteiger partial charge >= 0.3 is 6.18 Å². The van der Waals surface area contributed by atoms with Crippen LogP contribution in [-0.2, 0) is 10.9 Å². The Morgan fingerprint density at radius 3 is 2.57 bits per heavy atom. The number of nitrogens with zero attached hydrogens (tertiary/aromatic N) is 5. The Balaban J connectivity index is 1.30. The largest absolute Gasteiger partial charge is 0.488 e. The Bertz CT molecular complexity index is 1410. The highest BCUT2D eigenvalue weighted by Gasteiger charge is 2.34. The van der Waals surface area contributed by atoms with E-state index in [9.17, 15) is 13.2 Å². The van der Waals surface area contributed by atoms with Crippen molar-refractivity contribution in [3.63, 3.8) is 0 Å². The normalized spacial score (nSPS) is 21.7. The highest BCUT2D eigenvalue weighted by atomic mass is 19.4. The minimum atomic E-state index is -4.55. The van der Waals surface area contributed by atoms with Crippen LogP contribution in [-0.4, -0.2) is 56.0 Å². The summed E-state index contributed by atoms with van der Waals surface area (Å²) in [6.45, 7) is 3.29. The number of fused-ring (bicyclic) bond motifs is 3. The van der Waals surface area contributed by atoms with Crippen LogP contribution in [0, 0.1) is 6.92 Å². The minimum absolute atomic E-state index is 0.0449. The molecule has 2 unspecified atom stereocenters.